The Bertz CT molecular complexity index is 520. The van der Waals surface area contributed by atoms with Crippen LogP contribution in [-0.2, 0) is 11.3 Å². The molecule has 2 aromatic rings. The Hall–Kier alpha value is -1.47. The fraction of sp³-hybridized carbons (Fsp3) is 0.100. The average Bonchev–Trinajstić information content (AvgIpc) is 2.95. The van der Waals surface area contributed by atoms with E-state index in [1.807, 2.05) is 11.4 Å². The Morgan fingerprint density at radius 3 is 3.18 bits per heavy atom. The van der Waals surface area contributed by atoms with Crippen molar-refractivity contribution in [3.63, 3.8) is 0 Å². The summed E-state index contributed by atoms with van der Waals surface area (Å²) in [6.45, 7) is 0.344. The second-order valence-electron chi connectivity index (χ2n) is 3.17. The van der Waals surface area contributed by atoms with Gasteiger partial charge < -0.3 is 5.32 Å². The van der Waals surface area contributed by atoms with E-state index < -0.39 is 0 Å². The lowest BCUT2D eigenvalue weighted by Gasteiger charge is -1.97. The van der Waals surface area contributed by atoms with Crippen molar-refractivity contribution in [3.8, 4) is 0 Å². The molecule has 0 saturated heterocycles. The van der Waals surface area contributed by atoms with E-state index in [0.717, 1.165) is 9.35 Å². The molecule has 2 aromatic heterocycles. The van der Waals surface area contributed by atoms with Gasteiger partial charge in [-0.15, -0.1) is 11.3 Å². The van der Waals surface area contributed by atoms with Gasteiger partial charge in [-0.1, -0.05) is 0 Å². The van der Waals surface area contributed by atoms with Gasteiger partial charge in [-0.2, -0.15) is 5.10 Å². The number of aromatic nitrogens is 3. The molecular weight excluding hydrogens is 304 g/mol. The highest BCUT2D eigenvalue weighted by atomic mass is 79.9. The molecule has 0 bridgehead atoms. The number of rotatable bonds is 4. The van der Waals surface area contributed by atoms with Gasteiger partial charge >= 0.3 is 0 Å². The zero-order chi connectivity index (χ0) is 12.1. The van der Waals surface area contributed by atoms with Crippen molar-refractivity contribution < 1.29 is 4.79 Å². The maximum atomic E-state index is 11.5. The third kappa shape index (κ3) is 3.79. The molecule has 0 saturated carbocycles. The third-order valence-corrected chi connectivity index (χ3v) is 3.43. The van der Waals surface area contributed by atoms with Crippen LogP contribution in [0, 0.1) is 0 Å². The van der Waals surface area contributed by atoms with E-state index >= 15 is 0 Å². The van der Waals surface area contributed by atoms with E-state index in [-0.39, 0.29) is 5.91 Å². The van der Waals surface area contributed by atoms with E-state index in [1.165, 1.54) is 12.4 Å². The van der Waals surface area contributed by atoms with Gasteiger partial charge in [0.05, 0.1) is 10.3 Å². The number of nitrogens with zero attached hydrogens (tertiary/aromatic N) is 2. The fourth-order valence-electron chi connectivity index (χ4n) is 1.13. The molecule has 0 unspecified atom stereocenters. The molecule has 7 heteroatoms. The minimum Gasteiger partial charge on any atom is -0.345 e. The van der Waals surface area contributed by atoms with Crippen molar-refractivity contribution in [2.24, 2.45) is 0 Å². The quantitative estimate of drug-likeness (QED) is 0.848. The summed E-state index contributed by atoms with van der Waals surface area (Å²) in [7, 11) is 0. The van der Waals surface area contributed by atoms with Gasteiger partial charge in [-0.25, -0.2) is 4.98 Å². The highest BCUT2D eigenvalue weighted by Crippen LogP contribution is 2.21. The number of aromatic amines is 1. The molecule has 2 heterocycles. The number of hydrogen-bond acceptors (Lipinski definition) is 4. The molecule has 17 heavy (non-hydrogen) atoms. The second kappa shape index (κ2) is 5.74. The van der Waals surface area contributed by atoms with Crippen molar-refractivity contribution in [1.82, 2.24) is 20.5 Å². The molecule has 0 atom stereocenters. The third-order valence-electron chi connectivity index (χ3n) is 1.91. The Labute approximate surface area is 110 Å². The van der Waals surface area contributed by atoms with Crippen LogP contribution in [0.2, 0.25) is 0 Å². The lowest BCUT2D eigenvalue weighted by molar-refractivity contribution is -0.116. The average molecular weight is 313 g/mol. The van der Waals surface area contributed by atoms with E-state index in [0.29, 0.717) is 12.4 Å². The van der Waals surface area contributed by atoms with Gasteiger partial charge in [0.2, 0.25) is 5.91 Å². The maximum absolute atomic E-state index is 11.5. The van der Waals surface area contributed by atoms with Crippen molar-refractivity contribution in [2.75, 3.05) is 0 Å². The Morgan fingerprint density at radius 2 is 2.53 bits per heavy atom. The minimum absolute atomic E-state index is 0.163. The van der Waals surface area contributed by atoms with Crippen molar-refractivity contribution in [2.45, 2.75) is 6.54 Å². The number of hydrogen-bond donors (Lipinski definition) is 2. The van der Waals surface area contributed by atoms with Gasteiger partial charge in [0, 0.05) is 6.08 Å². The first kappa shape index (κ1) is 12.0. The Balaban J connectivity index is 1.83. The molecule has 2 N–H and O–H groups in total. The molecule has 1 amide bonds. The van der Waals surface area contributed by atoms with E-state index in [4.69, 9.17) is 0 Å². The largest absolute Gasteiger partial charge is 0.345 e. The summed E-state index contributed by atoms with van der Waals surface area (Å²) in [5, 5.41) is 11.0. The number of H-pyrrole nitrogens is 1. The number of halogens is 1. The monoisotopic (exact) mass is 312 g/mol. The topological polar surface area (TPSA) is 70.7 Å². The summed E-state index contributed by atoms with van der Waals surface area (Å²) < 4.78 is 1.04. The van der Waals surface area contributed by atoms with Crippen LogP contribution in [0.15, 0.2) is 27.6 Å². The van der Waals surface area contributed by atoms with Crippen molar-refractivity contribution in [3.05, 3.63) is 39.0 Å². The van der Waals surface area contributed by atoms with Gasteiger partial charge in [-0.05, 0) is 39.0 Å². The summed E-state index contributed by atoms with van der Waals surface area (Å²) in [4.78, 5) is 15.3. The SMILES string of the molecule is O=C(/C=C/c1csc(Br)c1)NCc1ncn[nH]1. The normalized spacial score (nSPS) is 10.9. The molecule has 0 aliphatic rings. The van der Waals surface area contributed by atoms with E-state index in [2.05, 4.69) is 36.4 Å². The number of nitrogens with one attached hydrogen (secondary N) is 2. The lowest BCUT2D eigenvalue weighted by Crippen LogP contribution is -2.20. The van der Waals surface area contributed by atoms with E-state index in [9.17, 15) is 4.79 Å². The maximum Gasteiger partial charge on any atom is 0.244 e. The van der Waals surface area contributed by atoms with E-state index in [1.54, 1.807) is 17.4 Å². The summed E-state index contributed by atoms with van der Waals surface area (Å²) in [6, 6.07) is 1.95. The molecule has 88 valence electrons. The number of carbonyl (C=O) groups is 1. The smallest absolute Gasteiger partial charge is 0.244 e. The van der Waals surface area contributed by atoms with Crippen LogP contribution in [-0.4, -0.2) is 21.1 Å². The number of carbonyl (C=O) groups excluding carboxylic acids is 1. The molecule has 0 aliphatic heterocycles. The number of thiophene rings is 1. The molecule has 0 radical (unpaired) electrons. The van der Waals surface area contributed by atoms with Crippen molar-refractivity contribution >= 4 is 39.2 Å². The first-order chi connectivity index (χ1) is 8.24. The number of amides is 1. The molecule has 0 aromatic carbocycles. The standard InChI is InChI=1S/C10H9BrN4OS/c11-8-3-7(5-17-8)1-2-10(16)12-4-9-13-6-14-15-9/h1-3,5-6H,4H2,(H,12,16)(H,13,14,15)/b2-1+. The van der Waals surface area contributed by atoms with Gasteiger partial charge in [0.15, 0.2) is 0 Å². The molecular formula is C10H9BrN4OS. The highest BCUT2D eigenvalue weighted by molar-refractivity contribution is 9.11. The van der Waals surface area contributed by atoms with Crippen LogP contribution in [0.5, 0.6) is 0 Å². The predicted molar refractivity (Wildman–Crippen MR) is 69.3 cm³/mol. The molecule has 0 spiro atoms. The zero-order valence-corrected chi connectivity index (χ0v) is 11.1. The van der Waals surface area contributed by atoms with Gasteiger partial charge in [0.25, 0.3) is 0 Å². The van der Waals surface area contributed by atoms with Crippen LogP contribution < -0.4 is 5.32 Å². The first-order valence-electron chi connectivity index (χ1n) is 4.78. The lowest BCUT2D eigenvalue weighted by atomic mass is 10.3. The van der Waals surface area contributed by atoms with Crippen LogP contribution in [0.4, 0.5) is 0 Å². The van der Waals surface area contributed by atoms with Crippen molar-refractivity contribution in [1.29, 1.82) is 0 Å². The fourth-order valence-corrected chi connectivity index (χ4v) is 2.27. The Kier molecular flexibility index (Phi) is 4.05. The summed E-state index contributed by atoms with van der Waals surface area (Å²) >= 11 is 4.94. The first-order valence-corrected chi connectivity index (χ1v) is 6.45. The Morgan fingerprint density at radius 1 is 1.65 bits per heavy atom. The van der Waals surface area contributed by atoms with Crippen LogP contribution in [0.3, 0.4) is 0 Å². The molecule has 0 aliphatic carbocycles. The summed E-state index contributed by atoms with van der Waals surface area (Å²) in [5.74, 6) is 0.466. The summed E-state index contributed by atoms with van der Waals surface area (Å²) in [6.07, 6.45) is 4.65. The molecule has 5 nitrogen and oxygen atoms in total. The summed E-state index contributed by atoms with van der Waals surface area (Å²) in [5.41, 5.74) is 0.997. The predicted octanol–water partition coefficient (Wildman–Crippen LogP) is 1.96. The zero-order valence-electron chi connectivity index (χ0n) is 8.68. The highest BCUT2D eigenvalue weighted by Gasteiger charge is 1.99. The van der Waals surface area contributed by atoms with Crippen LogP contribution in [0.25, 0.3) is 6.08 Å². The minimum atomic E-state index is -0.163. The molecule has 0 fully saturated rings. The van der Waals surface area contributed by atoms with Crippen LogP contribution in [0.1, 0.15) is 11.4 Å². The van der Waals surface area contributed by atoms with Gasteiger partial charge in [-0.3, -0.25) is 9.89 Å². The van der Waals surface area contributed by atoms with Gasteiger partial charge in [0.1, 0.15) is 12.2 Å². The van der Waals surface area contributed by atoms with Crippen LogP contribution >= 0.6 is 27.3 Å². The second-order valence-corrected chi connectivity index (χ2v) is 5.46. The molecule has 2 rings (SSSR count).